The van der Waals surface area contributed by atoms with Crippen molar-refractivity contribution < 1.29 is 14.3 Å². The van der Waals surface area contributed by atoms with Crippen molar-refractivity contribution in [2.75, 3.05) is 25.3 Å². The zero-order valence-electron chi connectivity index (χ0n) is 18.0. The van der Waals surface area contributed by atoms with E-state index in [1.54, 1.807) is 14.2 Å². The summed E-state index contributed by atoms with van der Waals surface area (Å²) >= 11 is 4.76. The Hall–Kier alpha value is -3.30. The molecule has 1 amide bonds. The second-order valence-electron chi connectivity index (χ2n) is 6.89. The molecule has 9 heteroatoms. The van der Waals surface area contributed by atoms with Gasteiger partial charge < -0.3 is 14.8 Å². The van der Waals surface area contributed by atoms with Crippen molar-refractivity contribution in [2.45, 2.75) is 5.16 Å². The second-order valence-corrected chi connectivity index (χ2v) is 8.69. The number of thioether (sulfide) groups is 1. The summed E-state index contributed by atoms with van der Waals surface area (Å²) in [5.74, 6) is 2.15. The van der Waals surface area contributed by atoms with Gasteiger partial charge >= 0.3 is 0 Å². The number of benzene rings is 3. The maximum absolute atomic E-state index is 12.6. The van der Waals surface area contributed by atoms with Gasteiger partial charge in [0.25, 0.3) is 0 Å². The van der Waals surface area contributed by atoms with E-state index in [1.165, 1.54) is 11.8 Å². The second kappa shape index (κ2) is 10.5. The van der Waals surface area contributed by atoms with Crippen molar-refractivity contribution in [1.29, 1.82) is 0 Å². The number of halogens is 1. The number of carbonyl (C=O) groups excluding carboxylic acids is 1. The Morgan fingerprint density at radius 2 is 1.73 bits per heavy atom. The van der Waals surface area contributed by atoms with Gasteiger partial charge in [-0.1, -0.05) is 36.0 Å². The molecule has 0 radical (unpaired) electrons. The molecule has 0 aliphatic heterocycles. The van der Waals surface area contributed by atoms with Gasteiger partial charge in [-0.3, -0.25) is 9.36 Å². The van der Waals surface area contributed by atoms with Crippen LogP contribution in [-0.4, -0.2) is 40.6 Å². The van der Waals surface area contributed by atoms with Crippen molar-refractivity contribution >= 4 is 39.3 Å². The predicted octanol–water partition coefficient (Wildman–Crippen LogP) is 5.44. The summed E-state index contributed by atoms with van der Waals surface area (Å²) < 4.78 is 13.4. The molecule has 0 aliphatic carbocycles. The van der Waals surface area contributed by atoms with E-state index in [0.29, 0.717) is 11.0 Å². The molecule has 0 spiro atoms. The van der Waals surface area contributed by atoms with Crippen LogP contribution in [0.15, 0.2) is 82.4 Å². The van der Waals surface area contributed by atoms with Crippen molar-refractivity contribution in [2.24, 2.45) is 0 Å². The van der Waals surface area contributed by atoms with Crippen LogP contribution >= 0.6 is 27.7 Å². The molecule has 0 fully saturated rings. The molecule has 1 aromatic heterocycles. The minimum absolute atomic E-state index is 0.140. The Balaban J connectivity index is 1.63. The summed E-state index contributed by atoms with van der Waals surface area (Å²) in [5.41, 5.74) is 2.42. The molecule has 0 saturated carbocycles. The number of nitrogens with zero attached hydrogens (tertiary/aromatic N) is 3. The number of rotatable bonds is 8. The van der Waals surface area contributed by atoms with Gasteiger partial charge in [0.15, 0.2) is 11.0 Å². The minimum atomic E-state index is -0.140. The van der Waals surface area contributed by atoms with Crippen molar-refractivity contribution in [3.63, 3.8) is 0 Å². The average Bonchev–Trinajstić information content (AvgIpc) is 3.28. The van der Waals surface area contributed by atoms with Crippen LogP contribution in [0.3, 0.4) is 0 Å². The van der Waals surface area contributed by atoms with Crippen LogP contribution in [0.5, 0.6) is 11.5 Å². The number of hydrogen-bond donors (Lipinski definition) is 1. The number of anilines is 1. The van der Waals surface area contributed by atoms with E-state index < -0.39 is 0 Å². The maximum atomic E-state index is 12.6. The lowest BCUT2D eigenvalue weighted by atomic mass is 10.2. The summed E-state index contributed by atoms with van der Waals surface area (Å²) in [7, 11) is 3.25. The molecule has 0 atom stereocenters. The number of para-hydroxylation sites is 1. The van der Waals surface area contributed by atoms with E-state index >= 15 is 0 Å². The number of hydrogen-bond acceptors (Lipinski definition) is 6. The Bertz CT molecular complexity index is 1260. The largest absolute Gasteiger partial charge is 0.497 e. The van der Waals surface area contributed by atoms with E-state index in [4.69, 9.17) is 9.47 Å². The lowest BCUT2D eigenvalue weighted by Gasteiger charge is -2.12. The Morgan fingerprint density at radius 1 is 0.970 bits per heavy atom. The third-order valence-corrected chi connectivity index (χ3v) is 6.39. The van der Waals surface area contributed by atoms with Gasteiger partial charge in [0.2, 0.25) is 5.91 Å². The van der Waals surface area contributed by atoms with E-state index in [2.05, 4.69) is 31.4 Å². The monoisotopic (exact) mass is 524 g/mol. The van der Waals surface area contributed by atoms with E-state index in [1.807, 2.05) is 77.4 Å². The first-order valence-corrected chi connectivity index (χ1v) is 11.8. The summed E-state index contributed by atoms with van der Waals surface area (Å²) in [4.78, 5) is 12.6. The highest BCUT2D eigenvalue weighted by molar-refractivity contribution is 9.10. The van der Waals surface area contributed by atoms with Crippen LogP contribution in [-0.2, 0) is 4.79 Å². The average molecular weight is 525 g/mol. The molecule has 168 valence electrons. The number of methoxy groups -OCH3 is 2. The van der Waals surface area contributed by atoms with Gasteiger partial charge in [0, 0.05) is 15.7 Å². The van der Waals surface area contributed by atoms with Gasteiger partial charge in [-0.2, -0.15) is 0 Å². The number of aromatic nitrogens is 3. The van der Waals surface area contributed by atoms with Crippen molar-refractivity contribution in [3.05, 3.63) is 77.3 Å². The molecule has 4 rings (SSSR count). The predicted molar refractivity (Wildman–Crippen MR) is 133 cm³/mol. The van der Waals surface area contributed by atoms with Gasteiger partial charge in [-0.15, -0.1) is 10.2 Å². The van der Waals surface area contributed by atoms with Gasteiger partial charge in [0.1, 0.15) is 11.5 Å². The quantitative estimate of drug-likeness (QED) is 0.309. The third kappa shape index (κ3) is 5.37. The zero-order chi connectivity index (χ0) is 23.2. The smallest absolute Gasteiger partial charge is 0.234 e. The van der Waals surface area contributed by atoms with Crippen molar-refractivity contribution in [1.82, 2.24) is 14.8 Å². The lowest BCUT2D eigenvalue weighted by Crippen LogP contribution is -2.15. The molecule has 0 aliphatic rings. The van der Waals surface area contributed by atoms with E-state index in [-0.39, 0.29) is 11.7 Å². The molecular weight excluding hydrogens is 504 g/mol. The highest BCUT2D eigenvalue weighted by atomic mass is 79.9. The fourth-order valence-corrected chi connectivity index (χ4v) is 4.29. The van der Waals surface area contributed by atoms with Crippen LogP contribution in [0.25, 0.3) is 17.1 Å². The van der Waals surface area contributed by atoms with Crippen LogP contribution in [0.1, 0.15) is 0 Å². The van der Waals surface area contributed by atoms with Gasteiger partial charge in [-0.25, -0.2) is 0 Å². The maximum Gasteiger partial charge on any atom is 0.234 e. The Labute approximate surface area is 204 Å². The normalized spacial score (nSPS) is 10.6. The standard InChI is InChI=1S/C24H21BrN4O3S/c1-31-18-12-10-17(11-13-18)29-23(16-6-5-7-19(14-16)32-2)27-28-24(29)33-15-22(30)26-21-9-4-3-8-20(21)25/h3-14H,15H2,1-2H3,(H,26,30). The summed E-state index contributed by atoms with van der Waals surface area (Å²) in [5, 5.41) is 12.3. The number of carbonyl (C=O) groups is 1. The minimum Gasteiger partial charge on any atom is -0.497 e. The molecule has 4 aromatic rings. The first kappa shape index (κ1) is 22.9. The van der Waals surface area contributed by atoms with Gasteiger partial charge in [0.05, 0.1) is 25.7 Å². The van der Waals surface area contributed by atoms with E-state index in [0.717, 1.165) is 32.9 Å². The molecule has 7 nitrogen and oxygen atoms in total. The summed E-state index contributed by atoms with van der Waals surface area (Å²) in [6.07, 6.45) is 0. The highest BCUT2D eigenvalue weighted by Crippen LogP contribution is 2.30. The number of nitrogens with one attached hydrogen (secondary N) is 1. The molecule has 3 aromatic carbocycles. The fourth-order valence-electron chi connectivity index (χ4n) is 3.16. The van der Waals surface area contributed by atoms with Crippen LogP contribution < -0.4 is 14.8 Å². The zero-order valence-corrected chi connectivity index (χ0v) is 20.4. The topological polar surface area (TPSA) is 78.3 Å². The molecule has 0 unspecified atom stereocenters. The first-order chi connectivity index (χ1) is 16.1. The molecular formula is C24H21BrN4O3S. The number of ether oxygens (including phenoxy) is 2. The summed E-state index contributed by atoms with van der Waals surface area (Å²) in [6.45, 7) is 0. The Kier molecular flexibility index (Phi) is 7.31. The molecule has 33 heavy (non-hydrogen) atoms. The molecule has 1 heterocycles. The summed E-state index contributed by atoms with van der Waals surface area (Å²) in [6, 6.07) is 22.7. The lowest BCUT2D eigenvalue weighted by molar-refractivity contribution is -0.113. The molecule has 0 bridgehead atoms. The SMILES string of the molecule is COc1ccc(-n2c(SCC(=O)Nc3ccccc3Br)nnc2-c2cccc(OC)c2)cc1. The van der Waals surface area contributed by atoms with Crippen LogP contribution in [0.2, 0.25) is 0 Å². The van der Waals surface area contributed by atoms with Crippen molar-refractivity contribution in [3.8, 4) is 28.6 Å². The van der Waals surface area contributed by atoms with Crippen LogP contribution in [0, 0.1) is 0 Å². The molecule has 0 saturated heterocycles. The van der Waals surface area contributed by atoms with E-state index in [9.17, 15) is 4.79 Å². The Morgan fingerprint density at radius 3 is 2.45 bits per heavy atom. The fraction of sp³-hybridized carbons (Fsp3) is 0.125. The van der Waals surface area contributed by atoms with Gasteiger partial charge in [-0.05, 0) is 64.5 Å². The molecule has 1 N–H and O–H groups in total. The highest BCUT2D eigenvalue weighted by Gasteiger charge is 2.18. The first-order valence-electron chi connectivity index (χ1n) is 10.0. The van der Waals surface area contributed by atoms with Crippen LogP contribution in [0.4, 0.5) is 5.69 Å². The third-order valence-electron chi connectivity index (χ3n) is 4.77. The number of amides is 1.